The number of nitrogens with zero attached hydrogens (tertiary/aromatic N) is 2. The number of hydrogen-bond donors (Lipinski definition) is 1. The maximum Gasteiger partial charge on any atom is 0.228 e. The first kappa shape index (κ1) is 20.9. The van der Waals surface area contributed by atoms with Crippen molar-refractivity contribution < 1.29 is 4.79 Å². The van der Waals surface area contributed by atoms with Gasteiger partial charge in [0.05, 0.1) is 12.1 Å². The molecular weight excluding hydrogens is 365 g/mol. The molecule has 24 heavy (non-hydrogen) atoms. The number of thiazole rings is 1. The van der Waals surface area contributed by atoms with Crippen LogP contribution >= 0.6 is 36.2 Å². The van der Waals surface area contributed by atoms with Crippen LogP contribution in [0, 0.1) is 6.92 Å². The molecule has 0 aliphatic carbocycles. The number of carbonyl (C=O) groups excluding carboxylic acids is 1. The number of rotatable bonds is 3. The van der Waals surface area contributed by atoms with Gasteiger partial charge in [0.15, 0.2) is 0 Å². The van der Waals surface area contributed by atoms with Gasteiger partial charge in [-0.15, -0.1) is 36.2 Å². The standard InChI is InChI=1S/C17H21N3OS.2ClH/c1-12-4-2-5-13(8-12)17-19-15(11-22-17)9-16(21)20-7-3-6-14(18)10-20;;/h2,4-5,8,11,14H,3,6-7,9-10,18H2,1H3;2*1H. The topological polar surface area (TPSA) is 59.2 Å². The molecular formula is C17H23Cl2N3OS. The van der Waals surface area contributed by atoms with E-state index in [1.54, 1.807) is 11.3 Å². The van der Waals surface area contributed by atoms with E-state index in [1.807, 2.05) is 16.3 Å². The summed E-state index contributed by atoms with van der Waals surface area (Å²) in [5.41, 5.74) is 9.13. The van der Waals surface area contributed by atoms with Crippen LogP contribution in [0.2, 0.25) is 0 Å². The molecule has 1 aliphatic rings. The summed E-state index contributed by atoms with van der Waals surface area (Å²) in [4.78, 5) is 18.8. The molecule has 4 nitrogen and oxygen atoms in total. The zero-order valence-corrected chi connectivity index (χ0v) is 16.1. The normalized spacial score (nSPS) is 16.9. The molecule has 0 saturated carbocycles. The number of halogens is 2. The monoisotopic (exact) mass is 387 g/mol. The van der Waals surface area contributed by atoms with Gasteiger partial charge in [-0.25, -0.2) is 4.98 Å². The highest BCUT2D eigenvalue weighted by Crippen LogP contribution is 2.25. The van der Waals surface area contributed by atoms with Crippen LogP contribution in [0.15, 0.2) is 29.6 Å². The molecule has 2 heterocycles. The van der Waals surface area contributed by atoms with Crippen LogP contribution in [0.1, 0.15) is 24.1 Å². The number of carbonyl (C=O) groups is 1. The van der Waals surface area contributed by atoms with Crippen LogP contribution in [0.25, 0.3) is 10.6 Å². The van der Waals surface area contributed by atoms with Crippen molar-refractivity contribution in [1.82, 2.24) is 9.88 Å². The Hall–Kier alpha value is -1.14. The number of aromatic nitrogens is 1. The lowest BCUT2D eigenvalue weighted by Crippen LogP contribution is -2.46. The number of hydrogen-bond acceptors (Lipinski definition) is 4. The SMILES string of the molecule is Cc1cccc(-c2nc(CC(=O)N3CCCC(N)C3)cs2)c1.Cl.Cl. The molecule has 0 spiro atoms. The molecule has 132 valence electrons. The molecule has 0 radical (unpaired) electrons. The van der Waals surface area contributed by atoms with Crippen molar-refractivity contribution in [2.75, 3.05) is 13.1 Å². The lowest BCUT2D eigenvalue weighted by molar-refractivity contribution is -0.131. The second-order valence-electron chi connectivity index (χ2n) is 5.93. The number of amides is 1. The van der Waals surface area contributed by atoms with Crippen LogP contribution in [0.3, 0.4) is 0 Å². The van der Waals surface area contributed by atoms with Gasteiger partial charge in [-0.1, -0.05) is 23.8 Å². The van der Waals surface area contributed by atoms with Gasteiger partial charge in [-0.3, -0.25) is 4.79 Å². The number of aryl methyl sites for hydroxylation is 1. The number of piperidine rings is 1. The molecule has 7 heteroatoms. The highest BCUT2D eigenvalue weighted by Gasteiger charge is 2.22. The van der Waals surface area contributed by atoms with E-state index in [-0.39, 0.29) is 36.8 Å². The smallest absolute Gasteiger partial charge is 0.228 e. The van der Waals surface area contributed by atoms with Crippen LogP contribution < -0.4 is 5.73 Å². The summed E-state index contributed by atoms with van der Waals surface area (Å²) in [6.45, 7) is 3.57. The second-order valence-corrected chi connectivity index (χ2v) is 6.79. The van der Waals surface area contributed by atoms with Crippen LogP contribution in [0.5, 0.6) is 0 Å². The van der Waals surface area contributed by atoms with E-state index in [0.29, 0.717) is 13.0 Å². The minimum atomic E-state index is 0. The lowest BCUT2D eigenvalue weighted by atomic mass is 10.1. The summed E-state index contributed by atoms with van der Waals surface area (Å²) < 4.78 is 0. The van der Waals surface area contributed by atoms with E-state index >= 15 is 0 Å². The van der Waals surface area contributed by atoms with E-state index in [9.17, 15) is 4.79 Å². The van der Waals surface area contributed by atoms with Crippen molar-refractivity contribution in [2.24, 2.45) is 5.73 Å². The minimum Gasteiger partial charge on any atom is -0.341 e. The van der Waals surface area contributed by atoms with Gasteiger partial charge in [0.25, 0.3) is 0 Å². The molecule has 3 rings (SSSR count). The third kappa shape index (κ3) is 5.18. The molecule has 1 aromatic carbocycles. The fourth-order valence-corrected chi connectivity index (χ4v) is 3.62. The van der Waals surface area contributed by atoms with Crippen molar-refractivity contribution in [3.8, 4) is 10.6 Å². The Morgan fingerprint density at radius 2 is 2.21 bits per heavy atom. The molecule has 1 fully saturated rings. The van der Waals surface area contributed by atoms with Crippen molar-refractivity contribution in [2.45, 2.75) is 32.2 Å². The number of benzene rings is 1. The van der Waals surface area contributed by atoms with Gasteiger partial charge in [0.1, 0.15) is 5.01 Å². The van der Waals surface area contributed by atoms with E-state index in [1.165, 1.54) is 5.56 Å². The Morgan fingerprint density at radius 3 is 2.92 bits per heavy atom. The molecule has 2 N–H and O–H groups in total. The predicted octanol–water partition coefficient (Wildman–Crippen LogP) is 3.45. The zero-order chi connectivity index (χ0) is 15.5. The maximum atomic E-state index is 12.3. The fourth-order valence-electron chi connectivity index (χ4n) is 2.80. The molecule has 1 atom stereocenters. The van der Waals surface area contributed by atoms with E-state index in [0.717, 1.165) is 35.7 Å². The summed E-state index contributed by atoms with van der Waals surface area (Å²) in [6, 6.07) is 8.40. The largest absolute Gasteiger partial charge is 0.341 e. The molecule has 1 amide bonds. The summed E-state index contributed by atoms with van der Waals surface area (Å²) in [6.07, 6.45) is 2.38. The molecule has 1 saturated heterocycles. The Labute approximate surface area is 159 Å². The second kappa shape index (κ2) is 9.37. The first-order chi connectivity index (χ1) is 10.6. The zero-order valence-electron chi connectivity index (χ0n) is 13.6. The summed E-state index contributed by atoms with van der Waals surface area (Å²) >= 11 is 1.59. The van der Waals surface area contributed by atoms with Crippen LogP contribution in [-0.2, 0) is 11.2 Å². The molecule has 1 aliphatic heterocycles. The van der Waals surface area contributed by atoms with E-state index in [4.69, 9.17) is 5.73 Å². The van der Waals surface area contributed by atoms with Gasteiger partial charge in [0.2, 0.25) is 5.91 Å². The molecule has 0 bridgehead atoms. The highest BCUT2D eigenvalue weighted by molar-refractivity contribution is 7.13. The van der Waals surface area contributed by atoms with Gasteiger partial charge < -0.3 is 10.6 Å². The van der Waals surface area contributed by atoms with E-state index < -0.39 is 0 Å². The van der Waals surface area contributed by atoms with Gasteiger partial charge in [-0.05, 0) is 25.8 Å². The Bertz CT molecular complexity index is 677. The summed E-state index contributed by atoms with van der Waals surface area (Å²) in [7, 11) is 0. The third-order valence-corrected chi connectivity index (χ3v) is 4.90. The summed E-state index contributed by atoms with van der Waals surface area (Å²) in [5.74, 6) is 0.135. The highest BCUT2D eigenvalue weighted by atomic mass is 35.5. The fraction of sp³-hybridized carbons (Fsp3) is 0.412. The predicted molar refractivity (Wildman–Crippen MR) is 104 cm³/mol. The van der Waals surface area contributed by atoms with Gasteiger partial charge >= 0.3 is 0 Å². The lowest BCUT2D eigenvalue weighted by Gasteiger charge is -2.30. The molecule has 1 unspecified atom stereocenters. The van der Waals surface area contributed by atoms with Crippen molar-refractivity contribution in [3.05, 3.63) is 40.9 Å². The number of nitrogens with two attached hydrogens (primary N) is 1. The Kier molecular flexibility index (Phi) is 8.16. The van der Waals surface area contributed by atoms with Gasteiger partial charge in [-0.2, -0.15) is 0 Å². The molecule has 1 aromatic heterocycles. The third-order valence-electron chi connectivity index (χ3n) is 3.96. The van der Waals surface area contributed by atoms with Crippen LogP contribution in [-0.4, -0.2) is 34.9 Å². The van der Waals surface area contributed by atoms with Crippen molar-refractivity contribution in [3.63, 3.8) is 0 Å². The van der Waals surface area contributed by atoms with Gasteiger partial charge in [0, 0.05) is 30.1 Å². The minimum absolute atomic E-state index is 0. The average Bonchev–Trinajstić information content (AvgIpc) is 2.96. The van der Waals surface area contributed by atoms with E-state index in [2.05, 4.69) is 30.1 Å². The average molecular weight is 388 g/mol. The summed E-state index contributed by atoms with van der Waals surface area (Å²) in [5, 5.41) is 2.96. The Morgan fingerprint density at radius 1 is 1.42 bits per heavy atom. The molecule has 2 aromatic rings. The number of likely N-dealkylation sites (tertiary alicyclic amines) is 1. The maximum absolute atomic E-state index is 12.3. The van der Waals surface area contributed by atoms with Crippen LogP contribution in [0.4, 0.5) is 0 Å². The first-order valence-corrected chi connectivity index (χ1v) is 8.54. The van der Waals surface area contributed by atoms with Crippen molar-refractivity contribution >= 4 is 42.1 Å². The Balaban J connectivity index is 0.00000144. The van der Waals surface area contributed by atoms with Crippen molar-refractivity contribution in [1.29, 1.82) is 0 Å². The first-order valence-electron chi connectivity index (χ1n) is 7.66. The quantitative estimate of drug-likeness (QED) is 0.876.